The van der Waals surface area contributed by atoms with Crippen LogP contribution in [0.5, 0.6) is 0 Å². The first-order valence-corrected chi connectivity index (χ1v) is 9.43. The minimum absolute atomic E-state index is 0.0370. The quantitative estimate of drug-likeness (QED) is 0.897. The van der Waals surface area contributed by atoms with Crippen molar-refractivity contribution in [3.05, 3.63) is 65.7 Å². The van der Waals surface area contributed by atoms with Crippen LogP contribution in [0.3, 0.4) is 0 Å². The number of nitrogens with zero attached hydrogens (tertiary/aromatic N) is 2. The van der Waals surface area contributed by atoms with Gasteiger partial charge in [0, 0.05) is 31.4 Å². The van der Waals surface area contributed by atoms with E-state index in [2.05, 4.69) is 53.2 Å². The number of benzene rings is 2. The van der Waals surface area contributed by atoms with Crippen molar-refractivity contribution in [1.29, 1.82) is 0 Å². The third-order valence-corrected chi connectivity index (χ3v) is 5.12. The molecule has 2 atom stereocenters. The van der Waals surface area contributed by atoms with Crippen molar-refractivity contribution in [2.75, 3.05) is 31.1 Å². The largest absolute Gasteiger partial charge is 0.366 e. The van der Waals surface area contributed by atoms with Crippen LogP contribution in [0.4, 0.5) is 5.69 Å². The van der Waals surface area contributed by atoms with Crippen LogP contribution in [0.15, 0.2) is 54.6 Å². The summed E-state index contributed by atoms with van der Waals surface area (Å²) < 4.78 is 0. The van der Waals surface area contributed by atoms with Crippen molar-refractivity contribution >= 4 is 11.6 Å². The molecule has 0 saturated carbocycles. The molecule has 0 spiro atoms. The molecule has 1 N–H and O–H groups in total. The average Bonchev–Trinajstić information content (AvgIpc) is 2.63. The first kappa shape index (κ1) is 18.5. The van der Waals surface area contributed by atoms with E-state index in [0.29, 0.717) is 12.6 Å². The second-order valence-corrected chi connectivity index (χ2v) is 7.31. The smallest absolute Gasteiger partial charge is 0.234 e. The highest BCUT2D eigenvalue weighted by molar-refractivity contribution is 5.78. The molecule has 0 bridgehead atoms. The molecule has 4 heteroatoms. The van der Waals surface area contributed by atoms with Gasteiger partial charge in [-0.3, -0.25) is 9.69 Å². The zero-order chi connectivity index (χ0) is 18.5. The minimum atomic E-state index is 0.0370. The third-order valence-electron chi connectivity index (χ3n) is 5.12. The minimum Gasteiger partial charge on any atom is -0.366 e. The second kappa shape index (κ2) is 8.37. The first-order valence-electron chi connectivity index (χ1n) is 9.43. The number of piperazine rings is 1. The van der Waals surface area contributed by atoms with Gasteiger partial charge in [0.2, 0.25) is 5.91 Å². The average molecular weight is 351 g/mol. The number of carbonyl (C=O) groups is 1. The fourth-order valence-electron chi connectivity index (χ4n) is 3.61. The number of carbonyl (C=O) groups excluding carboxylic acids is 1. The van der Waals surface area contributed by atoms with Gasteiger partial charge in [-0.05, 0) is 38.5 Å². The number of rotatable bonds is 5. The summed E-state index contributed by atoms with van der Waals surface area (Å²) in [7, 11) is 0. The standard InChI is InChI=1S/C22H29N3O/c1-17-9-11-21(12-10-17)25-14-13-24(15-18(25)2)16-22(26)23-19(3)20-7-5-4-6-8-20/h4-12,18-19H,13-16H2,1-3H3,(H,23,26). The fourth-order valence-corrected chi connectivity index (χ4v) is 3.61. The lowest BCUT2D eigenvalue weighted by molar-refractivity contribution is -0.123. The van der Waals surface area contributed by atoms with Gasteiger partial charge in [-0.1, -0.05) is 48.0 Å². The van der Waals surface area contributed by atoms with Crippen molar-refractivity contribution in [3.63, 3.8) is 0 Å². The Morgan fingerprint density at radius 2 is 1.81 bits per heavy atom. The van der Waals surface area contributed by atoms with E-state index in [1.807, 2.05) is 37.3 Å². The number of nitrogens with one attached hydrogen (secondary N) is 1. The van der Waals surface area contributed by atoms with Gasteiger partial charge in [0.25, 0.3) is 0 Å². The van der Waals surface area contributed by atoms with Gasteiger partial charge in [0.15, 0.2) is 0 Å². The molecule has 2 aromatic rings. The molecule has 138 valence electrons. The topological polar surface area (TPSA) is 35.6 Å². The van der Waals surface area contributed by atoms with Crippen molar-refractivity contribution in [1.82, 2.24) is 10.2 Å². The molecule has 0 aliphatic carbocycles. The van der Waals surface area contributed by atoms with E-state index in [0.717, 1.165) is 25.2 Å². The van der Waals surface area contributed by atoms with Crippen molar-refractivity contribution in [3.8, 4) is 0 Å². The van der Waals surface area contributed by atoms with E-state index < -0.39 is 0 Å². The molecular weight excluding hydrogens is 322 g/mol. The highest BCUT2D eigenvalue weighted by Crippen LogP contribution is 2.21. The molecule has 1 fully saturated rings. The molecule has 0 radical (unpaired) electrons. The van der Waals surface area contributed by atoms with Crippen LogP contribution in [0, 0.1) is 6.92 Å². The van der Waals surface area contributed by atoms with Gasteiger partial charge in [-0.2, -0.15) is 0 Å². The van der Waals surface area contributed by atoms with Crippen LogP contribution in [0.2, 0.25) is 0 Å². The summed E-state index contributed by atoms with van der Waals surface area (Å²) >= 11 is 0. The number of hydrogen-bond donors (Lipinski definition) is 1. The molecule has 3 rings (SSSR count). The molecule has 2 unspecified atom stereocenters. The summed E-state index contributed by atoms with van der Waals surface area (Å²) in [5.41, 5.74) is 3.69. The summed E-state index contributed by atoms with van der Waals surface area (Å²) in [5, 5.41) is 3.11. The van der Waals surface area contributed by atoms with E-state index in [9.17, 15) is 4.79 Å². The van der Waals surface area contributed by atoms with Crippen molar-refractivity contribution in [2.24, 2.45) is 0 Å². The maximum atomic E-state index is 12.4. The molecule has 26 heavy (non-hydrogen) atoms. The number of aryl methyl sites for hydroxylation is 1. The number of amides is 1. The van der Waals surface area contributed by atoms with Gasteiger partial charge in [-0.25, -0.2) is 0 Å². The Labute approximate surface area is 156 Å². The van der Waals surface area contributed by atoms with Gasteiger partial charge in [0.1, 0.15) is 0 Å². The SMILES string of the molecule is Cc1ccc(N2CCN(CC(=O)NC(C)c3ccccc3)CC2C)cc1. The molecule has 1 aliphatic rings. The van der Waals surface area contributed by atoms with Crippen LogP contribution < -0.4 is 10.2 Å². The maximum absolute atomic E-state index is 12.4. The number of anilines is 1. The monoisotopic (exact) mass is 351 g/mol. The van der Waals surface area contributed by atoms with Crippen LogP contribution in [-0.4, -0.2) is 43.0 Å². The van der Waals surface area contributed by atoms with E-state index in [4.69, 9.17) is 0 Å². The highest BCUT2D eigenvalue weighted by atomic mass is 16.2. The van der Waals surface area contributed by atoms with Crippen molar-refractivity contribution in [2.45, 2.75) is 32.9 Å². The van der Waals surface area contributed by atoms with E-state index in [1.165, 1.54) is 11.3 Å². The van der Waals surface area contributed by atoms with Crippen LogP contribution in [0.1, 0.15) is 31.0 Å². The van der Waals surface area contributed by atoms with Gasteiger partial charge in [-0.15, -0.1) is 0 Å². The van der Waals surface area contributed by atoms with Crippen LogP contribution >= 0.6 is 0 Å². The summed E-state index contributed by atoms with van der Waals surface area (Å²) in [6, 6.07) is 19.2. The zero-order valence-electron chi connectivity index (χ0n) is 16.0. The molecule has 1 heterocycles. The maximum Gasteiger partial charge on any atom is 0.234 e. The fraction of sp³-hybridized carbons (Fsp3) is 0.409. The molecule has 0 aromatic heterocycles. The second-order valence-electron chi connectivity index (χ2n) is 7.31. The van der Waals surface area contributed by atoms with Crippen LogP contribution in [0.25, 0.3) is 0 Å². The Hall–Kier alpha value is -2.33. The van der Waals surface area contributed by atoms with Gasteiger partial charge in [0.05, 0.1) is 12.6 Å². The lowest BCUT2D eigenvalue weighted by atomic mass is 10.1. The predicted molar refractivity (Wildman–Crippen MR) is 107 cm³/mol. The van der Waals surface area contributed by atoms with Gasteiger partial charge < -0.3 is 10.2 Å². The van der Waals surface area contributed by atoms with E-state index in [-0.39, 0.29) is 11.9 Å². The van der Waals surface area contributed by atoms with E-state index in [1.54, 1.807) is 0 Å². The molecule has 1 amide bonds. The molecule has 2 aromatic carbocycles. The van der Waals surface area contributed by atoms with Crippen molar-refractivity contribution < 1.29 is 4.79 Å². The lowest BCUT2D eigenvalue weighted by Gasteiger charge is -2.41. The summed E-state index contributed by atoms with van der Waals surface area (Å²) in [4.78, 5) is 17.1. The number of hydrogen-bond acceptors (Lipinski definition) is 3. The Kier molecular flexibility index (Phi) is 5.94. The third kappa shape index (κ3) is 4.64. The zero-order valence-corrected chi connectivity index (χ0v) is 16.0. The highest BCUT2D eigenvalue weighted by Gasteiger charge is 2.25. The summed E-state index contributed by atoms with van der Waals surface area (Å²) in [6.07, 6.45) is 0. The Balaban J connectivity index is 1.51. The predicted octanol–water partition coefficient (Wildman–Crippen LogP) is 3.38. The summed E-state index contributed by atoms with van der Waals surface area (Å²) in [5.74, 6) is 0.0948. The van der Waals surface area contributed by atoms with E-state index >= 15 is 0 Å². The lowest BCUT2D eigenvalue weighted by Crippen LogP contribution is -2.54. The molecule has 4 nitrogen and oxygen atoms in total. The Morgan fingerprint density at radius 3 is 2.46 bits per heavy atom. The Morgan fingerprint density at radius 1 is 1.12 bits per heavy atom. The Bertz CT molecular complexity index is 714. The molecule has 1 aliphatic heterocycles. The summed E-state index contributed by atoms with van der Waals surface area (Å²) in [6.45, 7) is 9.60. The normalized spacial score (nSPS) is 19.2. The molecular formula is C22H29N3O. The first-order chi connectivity index (χ1) is 12.5. The van der Waals surface area contributed by atoms with Gasteiger partial charge >= 0.3 is 0 Å². The molecule has 1 saturated heterocycles. The van der Waals surface area contributed by atoms with Crippen LogP contribution in [-0.2, 0) is 4.79 Å².